The van der Waals surface area contributed by atoms with E-state index in [0.29, 0.717) is 0 Å². The predicted octanol–water partition coefficient (Wildman–Crippen LogP) is 3.34. The highest BCUT2D eigenvalue weighted by Gasteiger charge is 2.31. The second kappa shape index (κ2) is 6.31. The standard InChI is InChI=1S/C18H26N2S/c1-2-8-18-16(6-1)15(13-21-18)12-20-10-4-5-14(11-20)17-7-3-9-19-17/h1-2,6,8,14-15,17,19H,3-5,7,9-13H2. The molecule has 0 spiro atoms. The molecule has 3 unspecified atom stereocenters. The van der Waals surface area contributed by atoms with Crippen LogP contribution < -0.4 is 5.32 Å². The van der Waals surface area contributed by atoms with Crippen molar-refractivity contribution in [2.45, 2.75) is 42.5 Å². The van der Waals surface area contributed by atoms with E-state index in [-0.39, 0.29) is 0 Å². The SMILES string of the molecule is c1ccc2c(c1)SCC2CN1CCCC(C2CCCN2)C1. The molecule has 0 amide bonds. The largest absolute Gasteiger partial charge is 0.314 e. The van der Waals surface area contributed by atoms with Crippen LogP contribution in [0.25, 0.3) is 0 Å². The number of rotatable bonds is 3. The normalized spacial score (nSPS) is 33.2. The lowest BCUT2D eigenvalue weighted by atomic mass is 9.89. The van der Waals surface area contributed by atoms with Crippen molar-refractivity contribution in [3.05, 3.63) is 29.8 Å². The molecule has 1 aromatic carbocycles. The van der Waals surface area contributed by atoms with E-state index in [2.05, 4.69) is 46.2 Å². The van der Waals surface area contributed by atoms with Crippen LogP contribution in [0.5, 0.6) is 0 Å². The van der Waals surface area contributed by atoms with Gasteiger partial charge in [0.2, 0.25) is 0 Å². The molecule has 0 aromatic heterocycles. The summed E-state index contributed by atoms with van der Waals surface area (Å²) in [6.07, 6.45) is 5.61. The van der Waals surface area contributed by atoms with Crippen molar-refractivity contribution in [2.75, 3.05) is 31.9 Å². The van der Waals surface area contributed by atoms with Gasteiger partial charge >= 0.3 is 0 Å². The highest BCUT2D eigenvalue weighted by atomic mass is 32.2. The zero-order valence-electron chi connectivity index (χ0n) is 12.8. The Hall–Kier alpha value is -0.510. The molecule has 114 valence electrons. The van der Waals surface area contributed by atoms with E-state index < -0.39 is 0 Å². The molecule has 2 fully saturated rings. The van der Waals surface area contributed by atoms with E-state index in [1.807, 2.05) is 0 Å². The van der Waals surface area contributed by atoms with Crippen LogP contribution in [0.3, 0.4) is 0 Å². The number of hydrogen-bond acceptors (Lipinski definition) is 3. The zero-order valence-corrected chi connectivity index (χ0v) is 13.6. The van der Waals surface area contributed by atoms with Crippen LogP contribution >= 0.6 is 11.8 Å². The second-order valence-corrected chi connectivity index (χ2v) is 7.97. The van der Waals surface area contributed by atoms with Crippen molar-refractivity contribution in [1.29, 1.82) is 0 Å². The molecule has 2 saturated heterocycles. The maximum absolute atomic E-state index is 3.73. The molecule has 3 aliphatic rings. The van der Waals surface area contributed by atoms with E-state index in [1.54, 1.807) is 5.56 Å². The van der Waals surface area contributed by atoms with Crippen molar-refractivity contribution < 1.29 is 0 Å². The van der Waals surface area contributed by atoms with E-state index in [1.165, 1.54) is 62.5 Å². The molecule has 3 heterocycles. The van der Waals surface area contributed by atoms with Crippen LogP contribution in [0.2, 0.25) is 0 Å². The minimum absolute atomic E-state index is 0.751. The topological polar surface area (TPSA) is 15.3 Å². The molecule has 3 aliphatic heterocycles. The van der Waals surface area contributed by atoms with Gasteiger partial charge < -0.3 is 10.2 Å². The third-order valence-corrected chi connectivity index (χ3v) is 6.74. The Morgan fingerprint density at radius 3 is 3.05 bits per heavy atom. The van der Waals surface area contributed by atoms with Gasteiger partial charge in [0, 0.05) is 35.7 Å². The van der Waals surface area contributed by atoms with Gasteiger partial charge in [-0.25, -0.2) is 0 Å². The average Bonchev–Trinajstić information content (AvgIpc) is 3.18. The van der Waals surface area contributed by atoms with Gasteiger partial charge in [0.1, 0.15) is 0 Å². The van der Waals surface area contributed by atoms with E-state index in [4.69, 9.17) is 0 Å². The van der Waals surface area contributed by atoms with Gasteiger partial charge in [-0.15, -0.1) is 11.8 Å². The molecule has 2 nitrogen and oxygen atoms in total. The molecule has 1 aromatic rings. The first-order valence-corrected chi connectivity index (χ1v) is 9.56. The van der Waals surface area contributed by atoms with Crippen molar-refractivity contribution in [3.8, 4) is 0 Å². The van der Waals surface area contributed by atoms with Crippen LogP contribution in [0.15, 0.2) is 29.2 Å². The summed E-state index contributed by atoms with van der Waals surface area (Å²) in [7, 11) is 0. The lowest BCUT2D eigenvalue weighted by Gasteiger charge is -2.37. The Bertz CT molecular complexity index is 484. The molecule has 3 heteroatoms. The number of fused-ring (bicyclic) bond motifs is 1. The fourth-order valence-electron chi connectivity index (χ4n) is 4.39. The summed E-state index contributed by atoms with van der Waals surface area (Å²) in [6.45, 7) is 5.15. The average molecular weight is 302 g/mol. The summed E-state index contributed by atoms with van der Waals surface area (Å²) in [6, 6.07) is 9.83. The van der Waals surface area contributed by atoms with Gasteiger partial charge in [-0.3, -0.25) is 0 Å². The summed E-state index contributed by atoms with van der Waals surface area (Å²) >= 11 is 2.05. The summed E-state index contributed by atoms with van der Waals surface area (Å²) in [5.74, 6) is 2.93. The van der Waals surface area contributed by atoms with Gasteiger partial charge in [-0.1, -0.05) is 18.2 Å². The maximum atomic E-state index is 3.73. The number of likely N-dealkylation sites (tertiary alicyclic amines) is 1. The summed E-state index contributed by atoms with van der Waals surface area (Å²) in [5, 5.41) is 3.73. The third kappa shape index (κ3) is 3.01. The summed E-state index contributed by atoms with van der Waals surface area (Å²) in [5.41, 5.74) is 1.60. The fraction of sp³-hybridized carbons (Fsp3) is 0.667. The number of piperidine rings is 1. The molecule has 0 saturated carbocycles. The molecule has 0 aliphatic carbocycles. The highest BCUT2D eigenvalue weighted by Crippen LogP contribution is 2.40. The minimum atomic E-state index is 0.751. The molecule has 1 N–H and O–H groups in total. The van der Waals surface area contributed by atoms with Crippen molar-refractivity contribution in [1.82, 2.24) is 10.2 Å². The number of benzene rings is 1. The molecule has 4 rings (SSSR count). The molecular formula is C18H26N2S. The van der Waals surface area contributed by atoms with Crippen LogP contribution in [0.1, 0.15) is 37.2 Å². The Labute approximate surface area is 132 Å². The minimum Gasteiger partial charge on any atom is -0.314 e. The lowest BCUT2D eigenvalue weighted by molar-refractivity contribution is 0.147. The fourth-order valence-corrected chi connectivity index (χ4v) is 5.63. The van der Waals surface area contributed by atoms with Crippen LogP contribution in [-0.4, -0.2) is 42.9 Å². The van der Waals surface area contributed by atoms with E-state index in [9.17, 15) is 0 Å². The Morgan fingerprint density at radius 1 is 1.19 bits per heavy atom. The van der Waals surface area contributed by atoms with Crippen molar-refractivity contribution >= 4 is 11.8 Å². The smallest absolute Gasteiger partial charge is 0.0108 e. The van der Waals surface area contributed by atoms with Gasteiger partial charge in [0.15, 0.2) is 0 Å². The number of hydrogen-bond donors (Lipinski definition) is 1. The Morgan fingerprint density at radius 2 is 2.14 bits per heavy atom. The van der Waals surface area contributed by atoms with Gasteiger partial charge in [0.05, 0.1) is 0 Å². The molecule has 21 heavy (non-hydrogen) atoms. The Balaban J connectivity index is 1.39. The number of nitrogens with one attached hydrogen (secondary N) is 1. The number of nitrogens with zero attached hydrogens (tertiary/aromatic N) is 1. The third-order valence-electron chi connectivity index (χ3n) is 5.49. The quantitative estimate of drug-likeness (QED) is 0.922. The first-order chi connectivity index (χ1) is 10.4. The van der Waals surface area contributed by atoms with Crippen molar-refractivity contribution in [2.24, 2.45) is 5.92 Å². The monoisotopic (exact) mass is 302 g/mol. The molecular weight excluding hydrogens is 276 g/mol. The molecule has 3 atom stereocenters. The maximum Gasteiger partial charge on any atom is 0.0108 e. The van der Waals surface area contributed by atoms with Crippen molar-refractivity contribution in [3.63, 3.8) is 0 Å². The molecule has 0 bridgehead atoms. The van der Waals surface area contributed by atoms with Gasteiger partial charge in [-0.2, -0.15) is 0 Å². The number of thioether (sulfide) groups is 1. The first kappa shape index (κ1) is 14.1. The van der Waals surface area contributed by atoms with E-state index in [0.717, 1.165) is 17.9 Å². The van der Waals surface area contributed by atoms with Crippen LogP contribution in [0, 0.1) is 5.92 Å². The summed E-state index contributed by atoms with van der Waals surface area (Å²) < 4.78 is 0. The van der Waals surface area contributed by atoms with Crippen LogP contribution in [-0.2, 0) is 0 Å². The second-order valence-electron chi connectivity index (χ2n) is 6.91. The van der Waals surface area contributed by atoms with E-state index >= 15 is 0 Å². The first-order valence-electron chi connectivity index (χ1n) is 8.57. The molecule has 0 radical (unpaired) electrons. The van der Waals surface area contributed by atoms with Gasteiger partial charge in [-0.05, 0) is 56.3 Å². The van der Waals surface area contributed by atoms with Crippen LogP contribution in [0.4, 0.5) is 0 Å². The Kier molecular flexibility index (Phi) is 4.24. The zero-order chi connectivity index (χ0) is 14.1. The summed E-state index contributed by atoms with van der Waals surface area (Å²) in [4.78, 5) is 4.27. The predicted molar refractivity (Wildman–Crippen MR) is 90.1 cm³/mol. The lowest BCUT2D eigenvalue weighted by Crippen LogP contribution is -2.44. The van der Waals surface area contributed by atoms with Gasteiger partial charge in [0.25, 0.3) is 0 Å². The highest BCUT2D eigenvalue weighted by molar-refractivity contribution is 7.99.